The van der Waals surface area contributed by atoms with E-state index in [0.717, 1.165) is 34.3 Å². The summed E-state index contributed by atoms with van der Waals surface area (Å²) in [7, 11) is 0. The molecule has 2 rings (SSSR count). The molecule has 0 heterocycles. The van der Waals surface area contributed by atoms with E-state index < -0.39 is 0 Å². The molecular formula is C13H14BrNO. The lowest BCUT2D eigenvalue weighted by Crippen LogP contribution is -1.97. The molecule has 1 aromatic rings. The largest absolute Gasteiger partial charge is 0.488 e. The maximum Gasteiger partial charge on any atom is 0.129 e. The van der Waals surface area contributed by atoms with Gasteiger partial charge in [0.1, 0.15) is 12.4 Å². The first-order valence-corrected chi connectivity index (χ1v) is 6.07. The highest BCUT2D eigenvalue weighted by Gasteiger charge is 2.06. The lowest BCUT2D eigenvalue weighted by atomic mass is 10.2. The van der Waals surface area contributed by atoms with E-state index in [1.54, 1.807) is 0 Å². The number of anilines is 1. The number of ether oxygens (including phenoxy) is 1. The third kappa shape index (κ3) is 2.89. The van der Waals surface area contributed by atoms with Crippen LogP contribution in [-0.2, 0) is 11.3 Å². The van der Waals surface area contributed by atoms with Crippen molar-refractivity contribution in [2.45, 2.75) is 19.4 Å². The number of benzene rings is 1. The lowest BCUT2D eigenvalue weighted by molar-refractivity contribution is 0.208. The van der Waals surface area contributed by atoms with Crippen LogP contribution in [0.1, 0.15) is 18.4 Å². The van der Waals surface area contributed by atoms with E-state index in [4.69, 9.17) is 10.5 Å². The van der Waals surface area contributed by atoms with Crippen molar-refractivity contribution in [2.24, 2.45) is 0 Å². The van der Waals surface area contributed by atoms with Crippen LogP contribution in [0.15, 0.2) is 46.7 Å². The SMILES string of the molecule is Nc1ccc(COC2=C(Br)CCC=C2)cc1. The fourth-order valence-corrected chi connectivity index (χ4v) is 1.99. The van der Waals surface area contributed by atoms with Gasteiger partial charge in [-0.15, -0.1) is 0 Å². The molecule has 16 heavy (non-hydrogen) atoms. The molecule has 0 spiro atoms. The Morgan fingerprint density at radius 3 is 2.69 bits per heavy atom. The van der Waals surface area contributed by atoms with Crippen LogP contribution in [-0.4, -0.2) is 0 Å². The standard InChI is InChI=1S/C13H14BrNO/c14-12-3-1-2-4-13(12)16-9-10-5-7-11(15)8-6-10/h2,4-8H,1,3,9,15H2. The zero-order valence-electron chi connectivity index (χ0n) is 8.95. The summed E-state index contributed by atoms with van der Waals surface area (Å²) in [6, 6.07) is 7.74. The third-order valence-electron chi connectivity index (χ3n) is 2.44. The minimum absolute atomic E-state index is 0.578. The Hall–Kier alpha value is -1.22. The summed E-state index contributed by atoms with van der Waals surface area (Å²) in [4.78, 5) is 0. The molecule has 2 nitrogen and oxygen atoms in total. The number of allylic oxidation sites excluding steroid dienone is 3. The average molecular weight is 280 g/mol. The summed E-state index contributed by atoms with van der Waals surface area (Å²) in [5, 5.41) is 0. The Bertz CT molecular complexity index is 420. The normalized spacial score (nSPS) is 15.3. The molecule has 84 valence electrons. The predicted octanol–water partition coefficient (Wildman–Crippen LogP) is 3.74. The molecule has 0 unspecified atom stereocenters. The number of hydrogen-bond donors (Lipinski definition) is 1. The Morgan fingerprint density at radius 2 is 2.00 bits per heavy atom. The minimum atomic E-state index is 0.578. The van der Waals surface area contributed by atoms with Crippen molar-refractivity contribution >= 4 is 21.6 Å². The summed E-state index contributed by atoms with van der Waals surface area (Å²) < 4.78 is 6.87. The van der Waals surface area contributed by atoms with Gasteiger partial charge in [0, 0.05) is 10.2 Å². The van der Waals surface area contributed by atoms with Crippen molar-refractivity contribution in [3.63, 3.8) is 0 Å². The first kappa shape index (κ1) is 11.3. The van der Waals surface area contributed by atoms with Gasteiger partial charge in [-0.25, -0.2) is 0 Å². The fraction of sp³-hybridized carbons (Fsp3) is 0.231. The zero-order chi connectivity index (χ0) is 11.4. The molecule has 3 heteroatoms. The smallest absolute Gasteiger partial charge is 0.129 e. The second kappa shape index (κ2) is 5.21. The van der Waals surface area contributed by atoms with Crippen molar-refractivity contribution in [3.05, 3.63) is 52.2 Å². The Labute approximate surface area is 104 Å². The van der Waals surface area contributed by atoms with Gasteiger partial charge in [-0.2, -0.15) is 0 Å². The quantitative estimate of drug-likeness (QED) is 0.856. The molecule has 0 atom stereocenters. The molecule has 0 radical (unpaired) electrons. The number of halogens is 1. The van der Waals surface area contributed by atoms with E-state index in [9.17, 15) is 0 Å². The maximum absolute atomic E-state index is 5.73. The topological polar surface area (TPSA) is 35.2 Å². The van der Waals surface area contributed by atoms with Gasteiger partial charge < -0.3 is 10.5 Å². The Kier molecular flexibility index (Phi) is 3.67. The van der Waals surface area contributed by atoms with E-state index in [1.165, 1.54) is 0 Å². The van der Waals surface area contributed by atoms with E-state index in [1.807, 2.05) is 30.3 Å². The van der Waals surface area contributed by atoms with Crippen molar-refractivity contribution in [3.8, 4) is 0 Å². The van der Waals surface area contributed by atoms with Gasteiger partial charge >= 0.3 is 0 Å². The van der Waals surface area contributed by atoms with Crippen LogP contribution in [0, 0.1) is 0 Å². The van der Waals surface area contributed by atoms with Gasteiger partial charge in [0.05, 0.1) is 0 Å². The molecule has 1 aliphatic carbocycles. The van der Waals surface area contributed by atoms with Crippen molar-refractivity contribution in [1.82, 2.24) is 0 Å². The van der Waals surface area contributed by atoms with Crippen molar-refractivity contribution < 1.29 is 4.74 Å². The van der Waals surface area contributed by atoms with E-state index in [2.05, 4.69) is 22.0 Å². The minimum Gasteiger partial charge on any atom is -0.488 e. The van der Waals surface area contributed by atoms with Crippen LogP contribution in [0.5, 0.6) is 0 Å². The third-order valence-corrected chi connectivity index (χ3v) is 3.23. The monoisotopic (exact) mass is 279 g/mol. The van der Waals surface area contributed by atoms with Gasteiger partial charge in [0.25, 0.3) is 0 Å². The van der Waals surface area contributed by atoms with Crippen LogP contribution in [0.2, 0.25) is 0 Å². The van der Waals surface area contributed by atoms with Crippen LogP contribution in [0.4, 0.5) is 5.69 Å². The summed E-state index contributed by atoms with van der Waals surface area (Å²) in [5.74, 6) is 0.933. The number of hydrogen-bond acceptors (Lipinski definition) is 2. The Morgan fingerprint density at radius 1 is 1.25 bits per heavy atom. The number of nitrogens with two attached hydrogens (primary N) is 1. The maximum atomic E-state index is 5.73. The number of nitrogen functional groups attached to an aromatic ring is 1. The molecule has 2 N–H and O–H groups in total. The van der Waals surface area contributed by atoms with Crippen molar-refractivity contribution in [1.29, 1.82) is 0 Å². The molecule has 0 aliphatic heterocycles. The summed E-state index contributed by atoms with van der Waals surface area (Å²) in [6.45, 7) is 0.578. The Balaban J connectivity index is 1.97. The highest BCUT2D eigenvalue weighted by Crippen LogP contribution is 2.25. The first-order chi connectivity index (χ1) is 7.75. The van der Waals surface area contributed by atoms with Gasteiger partial charge in [0.2, 0.25) is 0 Å². The summed E-state index contributed by atoms with van der Waals surface area (Å²) >= 11 is 3.52. The zero-order valence-corrected chi connectivity index (χ0v) is 10.5. The van der Waals surface area contributed by atoms with Gasteiger partial charge in [-0.3, -0.25) is 0 Å². The highest BCUT2D eigenvalue weighted by atomic mass is 79.9. The van der Waals surface area contributed by atoms with Crippen LogP contribution in [0.3, 0.4) is 0 Å². The van der Waals surface area contributed by atoms with Crippen LogP contribution < -0.4 is 5.73 Å². The first-order valence-electron chi connectivity index (χ1n) is 5.28. The van der Waals surface area contributed by atoms with E-state index in [0.29, 0.717) is 6.61 Å². The molecule has 0 saturated carbocycles. The molecule has 0 saturated heterocycles. The summed E-state index contributed by atoms with van der Waals surface area (Å²) in [6.07, 6.45) is 6.25. The van der Waals surface area contributed by atoms with E-state index >= 15 is 0 Å². The second-order valence-corrected chi connectivity index (χ2v) is 4.70. The number of rotatable bonds is 3. The molecule has 0 fully saturated rings. The van der Waals surface area contributed by atoms with Crippen LogP contribution >= 0.6 is 15.9 Å². The molecular weight excluding hydrogens is 266 g/mol. The fourth-order valence-electron chi connectivity index (χ4n) is 1.52. The molecule has 0 amide bonds. The molecule has 1 aromatic carbocycles. The predicted molar refractivity (Wildman–Crippen MR) is 70.0 cm³/mol. The lowest BCUT2D eigenvalue weighted by Gasteiger charge is -2.12. The summed E-state index contributed by atoms with van der Waals surface area (Å²) in [5.41, 5.74) is 7.52. The highest BCUT2D eigenvalue weighted by molar-refractivity contribution is 9.11. The van der Waals surface area contributed by atoms with Gasteiger partial charge in [-0.05, 0) is 36.6 Å². The van der Waals surface area contributed by atoms with Gasteiger partial charge in [0.15, 0.2) is 0 Å². The van der Waals surface area contributed by atoms with Crippen molar-refractivity contribution in [2.75, 3.05) is 5.73 Å². The van der Waals surface area contributed by atoms with E-state index in [-0.39, 0.29) is 0 Å². The molecule has 0 bridgehead atoms. The average Bonchev–Trinajstić information content (AvgIpc) is 2.30. The second-order valence-electron chi connectivity index (χ2n) is 3.74. The molecule has 0 aromatic heterocycles. The molecule has 1 aliphatic rings. The van der Waals surface area contributed by atoms with Gasteiger partial charge in [-0.1, -0.05) is 34.1 Å². The van der Waals surface area contributed by atoms with Crippen LogP contribution in [0.25, 0.3) is 0 Å².